The Balaban J connectivity index is 1.69. The van der Waals surface area contributed by atoms with Crippen LogP contribution in [0.15, 0.2) is 76.3 Å². The summed E-state index contributed by atoms with van der Waals surface area (Å²) in [6.45, 7) is 0.432. The van der Waals surface area contributed by atoms with Crippen molar-refractivity contribution in [3.05, 3.63) is 87.9 Å². The van der Waals surface area contributed by atoms with Crippen molar-refractivity contribution >= 4 is 28.1 Å². The van der Waals surface area contributed by atoms with Gasteiger partial charge in [0, 0.05) is 15.6 Å². The van der Waals surface area contributed by atoms with Crippen molar-refractivity contribution in [2.45, 2.75) is 6.61 Å². The Morgan fingerprint density at radius 2 is 1.70 bits per heavy atom. The molecule has 0 bridgehead atoms. The van der Waals surface area contributed by atoms with E-state index in [0.717, 1.165) is 15.6 Å². The molecule has 3 aromatic carbocycles. The first-order valence-corrected chi connectivity index (χ1v) is 9.91. The van der Waals surface area contributed by atoms with E-state index in [-0.39, 0.29) is 5.91 Å². The third-order valence-corrected chi connectivity index (χ3v) is 4.72. The number of carbonyl (C=O) groups is 1. The lowest BCUT2D eigenvalue weighted by Gasteiger charge is -2.10. The molecule has 0 saturated heterocycles. The minimum absolute atomic E-state index is 0.367. The van der Waals surface area contributed by atoms with Gasteiger partial charge in [-0.25, -0.2) is 5.43 Å². The highest BCUT2D eigenvalue weighted by molar-refractivity contribution is 9.10. The lowest BCUT2D eigenvalue weighted by Crippen LogP contribution is -2.17. The summed E-state index contributed by atoms with van der Waals surface area (Å²) < 4.78 is 17.2. The summed E-state index contributed by atoms with van der Waals surface area (Å²) in [5.74, 6) is 1.31. The van der Waals surface area contributed by atoms with Gasteiger partial charge in [0.2, 0.25) is 0 Å². The molecular formula is C23H21BrN2O4. The second kappa shape index (κ2) is 10.5. The number of rotatable bonds is 8. The highest BCUT2D eigenvalue weighted by atomic mass is 79.9. The van der Waals surface area contributed by atoms with Gasteiger partial charge in [-0.15, -0.1) is 0 Å². The molecule has 0 heterocycles. The average Bonchev–Trinajstić information content (AvgIpc) is 2.78. The molecule has 0 spiro atoms. The van der Waals surface area contributed by atoms with Crippen LogP contribution < -0.4 is 19.6 Å². The van der Waals surface area contributed by atoms with Gasteiger partial charge in [-0.2, -0.15) is 5.10 Å². The van der Waals surface area contributed by atoms with E-state index in [9.17, 15) is 4.79 Å². The fourth-order valence-electron chi connectivity index (χ4n) is 2.69. The highest BCUT2D eigenvalue weighted by Crippen LogP contribution is 2.27. The predicted octanol–water partition coefficient (Wildman–Crippen LogP) is 4.81. The number of hydrogen-bond acceptors (Lipinski definition) is 5. The fourth-order valence-corrected chi connectivity index (χ4v) is 3.07. The molecule has 7 heteroatoms. The standard InChI is InChI=1S/C23H21BrN2O4/c1-28-21-10-8-17(13-22(21)29-2)23(27)26-25-14-18-12-19(24)9-11-20(18)30-15-16-6-4-3-5-7-16/h3-14H,15H2,1-2H3,(H,26,27)/b25-14+. The second-order valence-corrected chi connectivity index (χ2v) is 7.14. The number of halogens is 1. The third-order valence-electron chi connectivity index (χ3n) is 4.22. The van der Waals surface area contributed by atoms with Gasteiger partial charge in [0.25, 0.3) is 5.91 Å². The Kier molecular flexibility index (Phi) is 7.45. The van der Waals surface area contributed by atoms with Gasteiger partial charge in [0.15, 0.2) is 11.5 Å². The van der Waals surface area contributed by atoms with E-state index in [0.29, 0.717) is 29.4 Å². The van der Waals surface area contributed by atoms with Crippen LogP contribution in [0.2, 0.25) is 0 Å². The number of hydrazone groups is 1. The lowest BCUT2D eigenvalue weighted by atomic mass is 10.2. The Morgan fingerprint density at radius 1 is 0.967 bits per heavy atom. The Labute approximate surface area is 183 Å². The SMILES string of the molecule is COc1ccc(C(=O)N/N=C/c2cc(Br)ccc2OCc2ccccc2)cc1OC. The van der Waals surface area contributed by atoms with Crippen molar-refractivity contribution in [3.8, 4) is 17.2 Å². The van der Waals surface area contributed by atoms with Gasteiger partial charge < -0.3 is 14.2 Å². The molecule has 0 atom stereocenters. The normalized spacial score (nSPS) is 10.6. The number of benzene rings is 3. The van der Waals surface area contributed by atoms with Gasteiger partial charge in [0.1, 0.15) is 12.4 Å². The molecule has 0 aliphatic carbocycles. The maximum absolute atomic E-state index is 12.4. The monoisotopic (exact) mass is 468 g/mol. The van der Waals surface area contributed by atoms with Gasteiger partial charge >= 0.3 is 0 Å². The summed E-state index contributed by atoms with van der Waals surface area (Å²) in [5, 5.41) is 4.08. The minimum Gasteiger partial charge on any atom is -0.493 e. The summed E-state index contributed by atoms with van der Waals surface area (Å²) in [7, 11) is 3.05. The number of ether oxygens (including phenoxy) is 3. The Morgan fingerprint density at radius 3 is 2.43 bits per heavy atom. The van der Waals surface area contributed by atoms with Crippen LogP contribution in [0.1, 0.15) is 21.5 Å². The van der Waals surface area contributed by atoms with Crippen molar-refractivity contribution in [3.63, 3.8) is 0 Å². The largest absolute Gasteiger partial charge is 0.493 e. The van der Waals surface area contributed by atoms with Gasteiger partial charge in [-0.1, -0.05) is 46.3 Å². The molecule has 30 heavy (non-hydrogen) atoms. The number of amides is 1. The predicted molar refractivity (Wildman–Crippen MR) is 120 cm³/mol. The van der Waals surface area contributed by atoms with Crippen LogP contribution in [-0.2, 0) is 6.61 Å². The highest BCUT2D eigenvalue weighted by Gasteiger charge is 2.10. The number of nitrogens with zero attached hydrogens (tertiary/aromatic N) is 1. The molecule has 0 aliphatic rings. The van der Waals surface area contributed by atoms with Crippen molar-refractivity contribution in [2.75, 3.05) is 14.2 Å². The van der Waals surface area contributed by atoms with E-state index in [1.807, 2.05) is 48.5 Å². The molecule has 3 rings (SSSR count). The first kappa shape index (κ1) is 21.4. The molecule has 0 saturated carbocycles. The molecule has 0 aromatic heterocycles. The first-order valence-electron chi connectivity index (χ1n) is 9.12. The van der Waals surface area contributed by atoms with Crippen LogP contribution in [0.4, 0.5) is 0 Å². The topological polar surface area (TPSA) is 69.2 Å². The molecule has 6 nitrogen and oxygen atoms in total. The summed E-state index contributed by atoms with van der Waals surface area (Å²) in [5.41, 5.74) is 4.71. The van der Waals surface area contributed by atoms with Crippen LogP contribution in [0.5, 0.6) is 17.2 Å². The van der Waals surface area contributed by atoms with E-state index >= 15 is 0 Å². The maximum Gasteiger partial charge on any atom is 0.271 e. The zero-order valence-corrected chi connectivity index (χ0v) is 18.2. The second-order valence-electron chi connectivity index (χ2n) is 6.23. The van der Waals surface area contributed by atoms with Crippen LogP contribution in [0.25, 0.3) is 0 Å². The molecule has 0 aliphatic heterocycles. The summed E-state index contributed by atoms with van der Waals surface area (Å²) in [6, 6.07) is 20.4. The minimum atomic E-state index is -0.367. The van der Waals surface area contributed by atoms with Gasteiger partial charge in [-0.05, 0) is 42.0 Å². The summed E-state index contributed by atoms with van der Waals surface area (Å²) in [4.78, 5) is 12.4. The van der Waals surface area contributed by atoms with Crippen molar-refractivity contribution in [2.24, 2.45) is 5.10 Å². The smallest absolute Gasteiger partial charge is 0.271 e. The van der Waals surface area contributed by atoms with Crippen LogP contribution in [0.3, 0.4) is 0 Å². The quantitative estimate of drug-likeness (QED) is 0.380. The molecule has 0 radical (unpaired) electrons. The van der Waals surface area contributed by atoms with Crippen molar-refractivity contribution in [1.82, 2.24) is 5.43 Å². The van der Waals surface area contributed by atoms with Crippen LogP contribution in [0, 0.1) is 0 Å². The number of hydrogen-bond donors (Lipinski definition) is 1. The Hall–Kier alpha value is -3.32. The van der Waals surface area contributed by atoms with Gasteiger partial charge in [-0.3, -0.25) is 4.79 Å². The maximum atomic E-state index is 12.4. The molecule has 154 valence electrons. The molecule has 0 fully saturated rings. The number of methoxy groups -OCH3 is 2. The number of nitrogens with one attached hydrogen (secondary N) is 1. The lowest BCUT2D eigenvalue weighted by molar-refractivity contribution is 0.0954. The zero-order chi connectivity index (χ0) is 21.3. The van der Waals surface area contributed by atoms with E-state index in [1.165, 1.54) is 14.2 Å². The molecular weight excluding hydrogens is 448 g/mol. The fraction of sp³-hybridized carbons (Fsp3) is 0.130. The third kappa shape index (κ3) is 5.61. The van der Waals surface area contributed by atoms with Crippen molar-refractivity contribution in [1.29, 1.82) is 0 Å². The van der Waals surface area contributed by atoms with Crippen LogP contribution in [-0.4, -0.2) is 26.3 Å². The number of carbonyl (C=O) groups excluding carboxylic acids is 1. The van der Waals surface area contributed by atoms with Crippen LogP contribution >= 0.6 is 15.9 Å². The molecule has 1 N–H and O–H groups in total. The van der Waals surface area contributed by atoms with E-state index in [2.05, 4.69) is 26.5 Å². The zero-order valence-electron chi connectivity index (χ0n) is 16.6. The molecule has 0 unspecified atom stereocenters. The summed E-state index contributed by atoms with van der Waals surface area (Å²) in [6.07, 6.45) is 1.55. The van der Waals surface area contributed by atoms with Gasteiger partial charge in [0.05, 0.1) is 20.4 Å². The first-order chi connectivity index (χ1) is 14.6. The van der Waals surface area contributed by atoms with E-state index in [1.54, 1.807) is 24.4 Å². The molecule has 1 amide bonds. The van der Waals surface area contributed by atoms with E-state index in [4.69, 9.17) is 14.2 Å². The van der Waals surface area contributed by atoms with Crippen molar-refractivity contribution < 1.29 is 19.0 Å². The Bertz CT molecular complexity index is 1040. The summed E-state index contributed by atoms with van der Waals surface area (Å²) >= 11 is 3.45. The average molecular weight is 469 g/mol. The molecule has 3 aromatic rings. The van der Waals surface area contributed by atoms with E-state index < -0.39 is 0 Å².